The van der Waals surface area contributed by atoms with Crippen LogP contribution in [0.1, 0.15) is 12.5 Å². The van der Waals surface area contributed by atoms with Crippen molar-refractivity contribution in [3.05, 3.63) is 94.5 Å². The van der Waals surface area contributed by atoms with E-state index in [4.69, 9.17) is 23.2 Å². The summed E-state index contributed by atoms with van der Waals surface area (Å²) in [6.07, 6.45) is 3.24. The fourth-order valence-electron chi connectivity index (χ4n) is 2.69. The topological polar surface area (TPSA) is 58.2 Å². The first-order valence-electron chi connectivity index (χ1n) is 9.47. The SMILES string of the molecule is CC(Sc1cccc(NC(=O)/C=C/c2ccccc2)c1)C(=O)Nc1cc(Cl)cc(Cl)c1. The van der Waals surface area contributed by atoms with Crippen LogP contribution in [-0.4, -0.2) is 17.1 Å². The van der Waals surface area contributed by atoms with Gasteiger partial charge in [0.1, 0.15) is 0 Å². The summed E-state index contributed by atoms with van der Waals surface area (Å²) >= 11 is 13.3. The quantitative estimate of drug-likeness (QED) is 0.296. The highest BCUT2D eigenvalue weighted by Gasteiger charge is 2.15. The summed E-state index contributed by atoms with van der Waals surface area (Å²) in [5.41, 5.74) is 2.14. The largest absolute Gasteiger partial charge is 0.325 e. The number of rotatable bonds is 7. The third-order valence-corrected chi connectivity index (χ3v) is 5.67. The lowest BCUT2D eigenvalue weighted by molar-refractivity contribution is -0.115. The average Bonchev–Trinajstić information content (AvgIpc) is 2.72. The van der Waals surface area contributed by atoms with E-state index in [1.807, 2.05) is 48.5 Å². The van der Waals surface area contributed by atoms with Crippen molar-refractivity contribution in [1.82, 2.24) is 0 Å². The molecular weight excluding hydrogens is 451 g/mol. The minimum atomic E-state index is -0.373. The molecule has 0 saturated carbocycles. The van der Waals surface area contributed by atoms with Crippen molar-refractivity contribution >= 4 is 64.2 Å². The molecule has 31 heavy (non-hydrogen) atoms. The zero-order valence-electron chi connectivity index (χ0n) is 16.6. The number of hydrogen-bond acceptors (Lipinski definition) is 3. The molecule has 0 aliphatic carbocycles. The molecular formula is C24H20Cl2N2O2S. The van der Waals surface area contributed by atoms with Crippen LogP contribution >= 0.6 is 35.0 Å². The lowest BCUT2D eigenvalue weighted by atomic mass is 10.2. The molecule has 3 rings (SSSR count). The molecule has 0 aliphatic rings. The number of amides is 2. The van der Waals surface area contributed by atoms with Gasteiger partial charge in [0.05, 0.1) is 5.25 Å². The Labute approximate surface area is 195 Å². The van der Waals surface area contributed by atoms with Gasteiger partial charge in [0.2, 0.25) is 11.8 Å². The highest BCUT2D eigenvalue weighted by Crippen LogP contribution is 2.28. The second kappa shape index (κ2) is 11.0. The van der Waals surface area contributed by atoms with E-state index in [9.17, 15) is 9.59 Å². The van der Waals surface area contributed by atoms with E-state index in [0.29, 0.717) is 21.4 Å². The molecule has 0 heterocycles. The molecule has 3 aromatic carbocycles. The van der Waals surface area contributed by atoms with Crippen molar-refractivity contribution in [1.29, 1.82) is 0 Å². The fourth-order valence-corrected chi connectivity index (χ4v) is 4.15. The van der Waals surface area contributed by atoms with Crippen LogP contribution in [0, 0.1) is 0 Å². The third kappa shape index (κ3) is 7.47. The Bertz CT molecular complexity index is 1080. The van der Waals surface area contributed by atoms with Crippen LogP contribution < -0.4 is 10.6 Å². The van der Waals surface area contributed by atoms with Gasteiger partial charge >= 0.3 is 0 Å². The molecule has 0 aliphatic heterocycles. The average molecular weight is 471 g/mol. The number of nitrogens with one attached hydrogen (secondary N) is 2. The van der Waals surface area contributed by atoms with Crippen molar-refractivity contribution < 1.29 is 9.59 Å². The Morgan fingerprint density at radius 3 is 2.29 bits per heavy atom. The van der Waals surface area contributed by atoms with Crippen LogP contribution in [0.5, 0.6) is 0 Å². The van der Waals surface area contributed by atoms with Crippen LogP contribution in [-0.2, 0) is 9.59 Å². The van der Waals surface area contributed by atoms with Gasteiger partial charge in [0.15, 0.2) is 0 Å². The second-order valence-electron chi connectivity index (χ2n) is 6.67. The second-order valence-corrected chi connectivity index (χ2v) is 8.96. The van der Waals surface area contributed by atoms with Crippen LogP contribution in [0.15, 0.2) is 83.8 Å². The molecule has 0 spiro atoms. The van der Waals surface area contributed by atoms with Gasteiger partial charge in [-0.15, -0.1) is 11.8 Å². The minimum Gasteiger partial charge on any atom is -0.325 e. The first-order valence-corrected chi connectivity index (χ1v) is 11.1. The van der Waals surface area contributed by atoms with Gasteiger partial charge in [-0.25, -0.2) is 0 Å². The van der Waals surface area contributed by atoms with Gasteiger partial charge in [-0.1, -0.05) is 59.6 Å². The lowest BCUT2D eigenvalue weighted by Crippen LogP contribution is -2.22. The number of carbonyl (C=O) groups excluding carboxylic acids is 2. The number of halogens is 2. The van der Waals surface area contributed by atoms with Crippen LogP contribution in [0.2, 0.25) is 10.0 Å². The highest BCUT2D eigenvalue weighted by atomic mass is 35.5. The normalized spacial score (nSPS) is 11.8. The van der Waals surface area contributed by atoms with Gasteiger partial charge in [0.25, 0.3) is 0 Å². The molecule has 0 saturated heterocycles. The first-order chi connectivity index (χ1) is 14.9. The molecule has 1 atom stereocenters. The summed E-state index contributed by atoms with van der Waals surface area (Å²) in [6.45, 7) is 1.81. The Morgan fingerprint density at radius 1 is 0.871 bits per heavy atom. The zero-order valence-corrected chi connectivity index (χ0v) is 19.0. The van der Waals surface area contributed by atoms with Gasteiger partial charge in [-0.3, -0.25) is 9.59 Å². The highest BCUT2D eigenvalue weighted by molar-refractivity contribution is 8.00. The Kier molecular flexibility index (Phi) is 8.18. The number of thioether (sulfide) groups is 1. The van der Waals surface area contributed by atoms with E-state index in [1.54, 1.807) is 37.3 Å². The fraction of sp³-hybridized carbons (Fsp3) is 0.0833. The molecule has 0 bridgehead atoms. The lowest BCUT2D eigenvalue weighted by Gasteiger charge is -2.13. The summed E-state index contributed by atoms with van der Waals surface area (Å²) in [5, 5.41) is 6.18. The Hall–Kier alpha value is -2.73. The van der Waals surface area contributed by atoms with Crippen LogP contribution in [0.3, 0.4) is 0 Å². The molecule has 0 aromatic heterocycles. The Morgan fingerprint density at radius 2 is 1.58 bits per heavy atom. The summed E-state index contributed by atoms with van der Waals surface area (Å²) in [7, 11) is 0. The predicted molar refractivity (Wildman–Crippen MR) is 131 cm³/mol. The summed E-state index contributed by atoms with van der Waals surface area (Å²) in [6, 6.07) is 21.8. The van der Waals surface area contributed by atoms with Crippen molar-refractivity contribution in [3.8, 4) is 0 Å². The van der Waals surface area contributed by atoms with E-state index in [0.717, 1.165) is 10.5 Å². The predicted octanol–water partition coefficient (Wildman–Crippen LogP) is 6.76. The number of hydrogen-bond donors (Lipinski definition) is 2. The molecule has 2 amide bonds. The van der Waals surface area contributed by atoms with Gasteiger partial charge in [0, 0.05) is 32.4 Å². The maximum atomic E-state index is 12.5. The third-order valence-electron chi connectivity index (χ3n) is 4.14. The van der Waals surface area contributed by atoms with Crippen molar-refractivity contribution in [3.63, 3.8) is 0 Å². The monoisotopic (exact) mass is 470 g/mol. The number of anilines is 2. The molecule has 2 N–H and O–H groups in total. The Balaban J connectivity index is 1.58. The van der Waals surface area contributed by atoms with Gasteiger partial charge in [-0.05, 0) is 55.0 Å². The molecule has 3 aromatic rings. The smallest absolute Gasteiger partial charge is 0.248 e. The summed E-state index contributed by atoms with van der Waals surface area (Å²) in [5.74, 6) is -0.404. The molecule has 158 valence electrons. The van der Waals surface area contributed by atoms with Crippen molar-refractivity contribution in [2.24, 2.45) is 0 Å². The first kappa shape index (κ1) is 22.9. The van der Waals surface area contributed by atoms with E-state index < -0.39 is 0 Å². The van der Waals surface area contributed by atoms with E-state index in [2.05, 4.69) is 10.6 Å². The molecule has 1 unspecified atom stereocenters. The van der Waals surface area contributed by atoms with E-state index in [1.165, 1.54) is 17.8 Å². The van der Waals surface area contributed by atoms with Gasteiger partial charge < -0.3 is 10.6 Å². The molecule has 4 nitrogen and oxygen atoms in total. The maximum Gasteiger partial charge on any atom is 0.248 e. The zero-order chi connectivity index (χ0) is 22.2. The summed E-state index contributed by atoms with van der Waals surface area (Å²) in [4.78, 5) is 25.6. The minimum absolute atomic E-state index is 0.177. The number of benzene rings is 3. The number of carbonyl (C=O) groups is 2. The van der Waals surface area contributed by atoms with Crippen molar-refractivity contribution in [2.75, 3.05) is 10.6 Å². The molecule has 7 heteroatoms. The van der Waals surface area contributed by atoms with E-state index >= 15 is 0 Å². The van der Waals surface area contributed by atoms with Gasteiger partial charge in [-0.2, -0.15) is 0 Å². The molecule has 0 fully saturated rings. The van der Waals surface area contributed by atoms with Crippen molar-refractivity contribution in [2.45, 2.75) is 17.1 Å². The standard InChI is InChI=1S/C24H20Cl2N2O2S/c1-16(24(30)28-21-13-18(25)12-19(26)14-21)31-22-9-5-8-20(15-22)27-23(29)11-10-17-6-3-2-4-7-17/h2-16H,1H3,(H,27,29)(H,28,30)/b11-10+. The van der Waals surface area contributed by atoms with Crippen LogP contribution in [0.25, 0.3) is 6.08 Å². The summed E-state index contributed by atoms with van der Waals surface area (Å²) < 4.78 is 0. The van der Waals surface area contributed by atoms with E-state index in [-0.39, 0.29) is 17.1 Å². The maximum absolute atomic E-state index is 12.5. The van der Waals surface area contributed by atoms with Crippen LogP contribution in [0.4, 0.5) is 11.4 Å². The molecule has 0 radical (unpaired) electrons.